The van der Waals surface area contributed by atoms with Gasteiger partial charge in [0.25, 0.3) is 0 Å². The number of rotatable bonds is 4. The van der Waals surface area contributed by atoms with Crippen LogP contribution in [0.2, 0.25) is 0 Å². The van der Waals surface area contributed by atoms with Gasteiger partial charge in [-0.15, -0.1) is 0 Å². The molecule has 116 valence electrons. The van der Waals surface area contributed by atoms with E-state index in [2.05, 4.69) is 64.3 Å². The van der Waals surface area contributed by atoms with Gasteiger partial charge < -0.3 is 10.0 Å². The van der Waals surface area contributed by atoms with Gasteiger partial charge in [0.15, 0.2) is 0 Å². The normalized spacial score (nSPS) is 10.6. The molecular weight excluding hydrogens is 344 g/mol. The van der Waals surface area contributed by atoms with Crippen molar-refractivity contribution in [3.05, 3.63) is 52.5 Å². The maximum absolute atomic E-state index is 10.7. The number of amides is 1. The van der Waals surface area contributed by atoms with Crippen LogP contribution in [0.15, 0.2) is 46.9 Å². The van der Waals surface area contributed by atoms with E-state index >= 15 is 0 Å². The van der Waals surface area contributed by atoms with Crippen LogP contribution in [0.25, 0.3) is 0 Å². The van der Waals surface area contributed by atoms with Crippen molar-refractivity contribution in [3.8, 4) is 0 Å². The van der Waals surface area contributed by atoms with E-state index in [1.165, 1.54) is 5.56 Å². The fourth-order valence-electron chi connectivity index (χ4n) is 2.16. The minimum Gasteiger partial charge on any atom is -0.465 e. The second-order valence-electron chi connectivity index (χ2n) is 5.40. The molecule has 4 nitrogen and oxygen atoms in total. The lowest BCUT2D eigenvalue weighted by Crippen LogP contribution is -2.11. The zero-order valence-electron chi connectivity index (χ0n) is 12.8. The Kier molecular flexibility index (Phi) is 5.08. The predicted molar refractivity (Wildman–Crippen MR) is 94.4 cm³/mol. The average molecular weight is 363 g/mol. The zero-order valence-corrected chi connectivity index (χ0v) is 14.4. The summed E-state index contributed by atoms with van der Waals surface area (Å²) >= 11 is 3.39. The quantitative estimate of drug-likeness (QED) is 0.762. The first-order valence-electron chi connectivity index (χ1n) is 7.01. The Labute approximate surface area is 138 Å². The van der Waals surface area contributed by atoms with E-state index in [9.17, 15) is 4.79 Å². The average Bonchev–Trinajstić information content (AvgIpc) is 2.48. The summed E-state index contributed by atoms with van der Waals surface area (Å²) in [7, 11) is 1.98. The maximum atomic E-state index is 10.7. The topological polar surface area (TPSA) is 52.6 Å². The molecule has 0 radical (unpaired) electrons. The van der Waals surface area contributed by atoms with Gasteiger partial charge >= 0.3 is 6.09 Å². The van der Waals surface area contributed by atoms with Gasteiger partial charge in [0, 0.05) is 22.9 Å². The largest absolute Gasteiger partial charge is 0.465 e. The van der Waals surface area contributed by atoms with Crippen molar-refractivity contribution in [1.82, 2.24) is 0 Å². The lowest BCUT2D eigenvalue weighted by atomic mass is 10.0. The van der Waals surface area contributed by atoms with Crippen LogP contribution < -0.4 is 10.2 Å². The van der Waals surface area contributed by atoms with Crippen LogP contribution in [0, 0.1) is 0 Å². The molecule has 5 heteroatoms. The van der Waals surface area contributed by atoms with Gasteiger partial charge in [0.2, 0.25) is 0 Å². The number of anilines is 3. The molecule has 0 saturated heterocycles. The van der Waals surface area contributed by atoms with E-state index in [-0.39, 0.29) is 0 Å². The minimum atomic E-state index is -1.08. The summed E-state index contributed by atoms with van der Waals surface area (Å²) in [6.45, 7) is 4.34. The van der Waals surface area contributed by atoms with Gasteiger partial charge in [-0.3, -0.25) is 5.32 Å². The molecule has 0 saturated carbocycles. The Morgan fingerprint density at radius 2 is 1.73 bits per heavy atom. The molecule has 0 atom stereocenters. The Hall–Kier alpha value is -2.01. The van der Waals surface area contributed by atoms with Gasteiger partial charge in [0.05, 0.1) is 5.69 Å². The summed E-state index contributed by atoms with van der Waals surface area (Å²) in [5.74, 6) is 0.509. The van der Waals surface area contributed by atoms with Crippen molar-refractivity contribution in [3.63, 3.8) is 0 Å². The first-order valence-corrected chi connectivity index (χ1v) is 7.81. The van der Waals surface area contributed by atoms with E-state index in [4.69, 9.17) is 5.11 Å². The number of hydrogen-bond donors (Lipinski definition) is 2. The molecule has 2 N–H and O–H groups in total. The lowest BCUT2D eigenvalue weighted by Gasteiger charge is -2.21. The van der Waals surface area contributed by atoms with E-state index in [1.54, 1.807) is 6.07 Å². The highest BCUT2D eigenvalue weighted by Crippen LogP contribution is 2.31. The van der Waals surface area contributed by atoms with Gasteiger partial charge in [-0.25, -0.2) is 4.79 Å². The van der Waals surface area contributed by atoms with Crippen LogP contribution >= 0.6 is 15.9 Å². The molecule has 0 aliphatic carbocycles. The first-order chi connectivity index (χ1) is 10.4. The first kappa shape index (κ1) is 16.4. The molecule has 0 heterocycles. The van der Waals surface area contributed by atoms with Crippen LogP contribution in [0.5, 0.6) is 0 Å². The van der Waals surface area contributed by atoms with Crippen LogP contribution in [-0.2, 0) is 0 Å². The molecular formula is C17H19BrN2O2. The predicted octanol–water partition coefficient (Wildman–Crippen LogP) is 5.43. The zero-order chi connectivity index (χ0) is 16.3. The maximum Gasteiger partial charge on any atom is 0.409 e. The standard InChI is InChI=1S/C17H19BrN2O2/c1-11(2)12-4-6-13(7-5-12)20(3)14-8-9-16(15(18)10-14)19-17(21)22/h4-11,19H,1-3H3,(H,21,22). The number of hydrogen-bond acceptors (Lipinski definition) is 2. The highest BCUT2D eigenvalue weighted by atomic mass is 79.9. The van der Waals surface area contributed by atoms with Crippen molar-refractivity contribution in [2.24, 2.45) is 0 Å². The van der Waals surface area contributed by atoms with E-state index in [0.717, 1.165) is 11.4 Å². The third-order valence-corrected chi connectivity index (χ3v) is 4.18. The van der Waals surface area contributed by atoms with Gasteiger partial charge in [-0.2, -0.15) is 0 Å². The van der Waals surface area contributed by atoms with E-state index < -0.39 is 6.09 Å². The van der Waals surface area contributed by atoms with E-state index in [1.807, 2.05) is 19.2 Å². The SMILES string of the molecule is CC(C)c1ccc(N(C)c2ccc(NC(=O)O)c(Br)c2)cc1. The smallest absolute Gasteiger partial charge is 0.409 e. The minimum absolute atomic E-state index is 0.509. The molecule has 0 fully saturated rings. The Morgan fingerprint density at radius 3 is 2.23 bits per heavy atom. The number of nitrogens with zero attached hydrogens (tertiary/aromatic N) is 1. The number of nitrogens with one attached hydrogen (secondary N) is 1. The number of carbonyl (C=O) groups is 1. The molecule has 2 aromatic rings. The van der Waals surface area contributed by atoms with E-state index in [0.29, 0.717) is 16.1 Å². The van der Waals surface area contributed by atoms with Crippen LogP contribution in [0.1, 0.15) is 25.3 Å². The van der Waals surface area contributed by atoms with Gasteiger partial charge in [-0.05, 0) is 57.7 Å². The van der Waals surface area contributed by atoms with Crippen molar-refractivity contribution < 1.29 is 9.90 Å². The molecule has 2 aromatic carbocycles. The van der Waals surface area contributed by atoms with Crippen molar-refractivity contribution in [2.75, 3.05) is 17.3 Å². The van der Waals surface area contributed by atoms with Gasteiger partial charge in [0.1, 0.15) is 0 Å². The van der Waals surface area contributed by atoms with Gasteiger partial charge in [-0.1, -0.05) is 26.0 Å². The highest BCUT2D eigenvalue weighted by molar-refractivity contribution is 9.10. The third-order valence-electron chi connectivity index (χ3n) is 3.53. The van der Waals surface area contributed by atoms with Crippen LogP contribution in [0.3, 0.4) is 0 Å². The molecule has 0 aliphatic heterocycles. The fraction of sp³-hybridized carbons (Fsp3) is 0.235. The third kappa shape index (κ3) is 3.80. The van der Waals surface area contributed by atoms with Crippen LogP contribution in [-0.4, -0.2) is 18.2 Å². The molecule has 0 unspecified atom stereocenters. The van der Waals surface area contributed by atoms with Crippen LogP contribution in [0.4, 0.5) is 21.9 Å². The van der Waals surface area contributed by atoms with Crippen molar-refractivity contribution in [2.45, 2.75) is 19.8 Å². The van der Waals surface area contributed by atoms with Crippen molar-refractivity contribution >= 4 is 39.1 Å². The molecule has 2 rings (SSSR count). The Morgan fingerprint density at radius 1 is 1.14 bits per heavy atom. The molecule has 0 aliphatic rings. The summed E-state index contributed by atoms with van der Waals surface area (Å²) < 4.78 is 0.707. The highest BCUT2D eigenvalue weighted by Gasteiger charge is 2.09. The van der Waals surface area contributed by atoms with Crippen molar-refractivity contribution in [1.29, 1.82) is 0 Å². The summed E-state index contributed by atoms with van der Waals surface area (Å²) in [5.41, 5.74) is 3.88. The summed E-state index contributed by atoms with van der Waals surface area (Å²) in [4.78, 5) is 12.8. The number of benzene rings is 2. The molecule has 1 amide bonds. The monoisotopic (exact) mass is 362 g/mol. The fourth-order valence-corrected chi connectivity index (χ4v) is 2.63. The number of halogens is 1. The lowest BCUT2D eigenvalue weighted by molar-refractivity contribution is 0.209. The Balaban J connectivity index is 2.23. The molecule has 0 spiro atoms. The molecule has 0 bridgehead atoms. The summed E-state index contributed by atoms with van der Waals surface area (Å²) in [6, 6.07) is 14.0. The summed E-state index contributed by atoms with van der Waals surface area (Å²) in [6.07, 6.45) is -1.08. The second kappa shape index (κ2) is 6.83. The Bertz CT molecular complexity index is 669. The second-order valence-corrected chi connectivity index (χ2v) is 6.25. The molecule has 0 aromatic heterocycles. The summed E-state index contributed by atoms with van der Waals surface area (Å²) in [5, 5.41) is 11.1. The molecule has 22 heavy (non-hydrogen) atoms. The number of carboxylic acid groups (broad SMARTS) is 1.